The summed E-state index contributed by atoms with van der Waals surface area (Å²) in [5.41, 5.74) is 3.27. The molecule has 4 heterocycles. The first-order chi connectivity index (χ1) is 20.6. The van der Waals surface area contributed by atoms with Crippen molar-refractivity contribution in [2.45, 2.75) is 19.0 Å². The Kier molecular flexibility index (Phi) is 6.42. The molecule has 2 N–H and O–H groups in total. The van der Waals surface area contributed by atoms with Crippen LogP contribution in [-0.4, -0.2) is 51.4 Å². The molecule has 10 heteroatoms. The quantitative estimate of drug-likeness (QED) is 0.326. The lowest BCUT2D eigenvalue weighted by Crippen LogP contribution is -2.42. The molecule has 2 aromatic heterocycles. The normalized spacial score (nSPS) is 16.5. The second-order valence-electron chi connectivity index (χ2n) is 10.2. The summed E-state index contributed by atoms with van der Waals surface area (Å²) in [4.78, 5) is 39.2. The van der Waals surface area contributed by atoms with Gasteiger partial charge in [-0.2, -0.15) is 5.10 Å². The van der Waals surface area contributed by atoms with Gasteiger partial charge in [-0.1, -0.05) is 60.7 Å². The van der Waals surface area contributed by atoms with Gasteiger partial charge < -0.3 is 15.5 Å². The van der Waals surface area contributed by atoms with E-state index < -0.39 is 23.8 Å². The van der Waals surface area contributed by atoms with E-state index in [9.17, 15) is 9.59 Å². The van der Waals surface area contributed by atoms with Crippen LogP contribution in [-0.2, 0) is 4.79 Å². The first kappa shape index (κ1) is 25.6. The first-order valence-electron chi connectivity index (χ1n) is 13.8. The number of rotatable bonds is 5. The Morgan fingerprint density at radius 3 is 2.40 bits per heavy atom. The highest BCUT2D eigenvalue weighted by Crippen LogP contribution is 2.30. The second-order valence-corrected chi connectivity index (χ2v) is 10.2. The van der Waals surface area contributed by atoms with Crippen LogP contribution in [0.25, 0.3) is 16.9 Å². The number of benzodiazepines with no additional fused rings is 1. The third kappa shape index (κ3) is 4.56. The molecule has 7 rings (SSSR count). The van der Waals surface area contributed by atoms with Crippen molar-refractivity contribution < 1.29 is 14.0 Å². The number of hydrogen-bond acceptors (Lipinski definition) is 6. The van der Waals surface area contributed by atoms with Crippen molar-refractivity contribution >= 4 is 34.7 Å². The highest BCUT2D eigenvalue weighted by Gasteiger charge is 2.31. The van der Waals surface area contributed by atoms with Crippen LogP contribution in [0.1, 0.15) is 34.3 Å². The van der Waals surface area contributed by atoms with Crippen molar-refractivity contribution in [3.63, 3.8) is 0 Å². The second kappa shape index (κ2) is 10.5. The van der Waals surface area contributed by atoms with E-state index in [0.717, 1.165) is 37.1 Å². The average Bonchev–Trinajstić information content (AvgIpc) is 3.66. The molecule has 5 aromatic rings. The minimum atomic E-state index is -1.27. The largest absolute Gasteiger partial charge is 0.357 e. The smallest absolute Gasteiger partial charge is 0.269 e. The van der Waals surface area contributed by atoms with Gasteiger partial charge in [0, 0.05) is 36.0 Å². The zero-order valence-electron chi connectivity index (χ0n) is 22.5. The number of nitrogens with one attached hydrogen (secondary N) is 2. The number of aliphatic imine (C=N–C) groups is 1. The standard InChI is InChI=1S/C32H26FN7O2/c33-23-14-6-4-12-21(23)28-26(30-35-25(16-19-40(30)38-28)39-17-8-9-18-39)31(41)37-29-32(42)34-24-15-7-5-13-22(24)27(36-29)20-10-2-1-3-11-20/h1-7,10-16,19,29H,8-9,17-18H2,(H,34,42)(H,37,41)/t29-/m1/s1. The Hall–Kier alpha value is -5.38. The Labute approximate surface area is 240 Å². The highest BCUT2D eigenvalue weighted by molar-refractivity contribution is 6.20. The number of benzene rings is 3. The van der Waals surface area contributed by atoms with Crippen molar-refractivity contribution in [3.8, 4) is 11.3 Å². The molecule has 2 aliphatic heterocycles. The summed E-state index contributed by atoms with van der Waals surface area (Å²) in [5.74, 6) is -0.962. The van der Waals surface area contributed by atoms with Gasteiger partial charge in [-0.25, -0.2) is 18.9 Å². The van der Waals surface area contributed by atoms with Crippen LogP contribution >= 0.6 is 0 Å². The molecule has 0 saturated carbocycles. The van der Waals surface area contributed by atoms with Gasteiger partial charge in [0.25, 0.3) is 11.8 Å². The zero-order chi connectivity index (χ0) is 28.6. The predicted octanol–water partition coefficient (Wildman–Crippen LogP) is 4.68. The molecule has 3 aromatic carbocycles. The van der Waals surface area contributed by atoms with Gasteiger partial charge in [-0.3, -0.25) is 9.59 Å². The fourth-order valence-electron chi connectivity index (χ4n) is 5.47. The topological polar surface area (TPSA) is 104 Å². The third-order valence-corrected chi connectivity index (χ3v) is 7.52. The number of aromatic nitrogens is 3. The summed E-state index contributed by atoms with van der Waals surface area (Å²) in [7, 11) is 0. The Balaban J connectivity index is 1.34. The van der Waals surface area contributed by atoms with Crippen molar-refractivity contribution in [2.75, 3.05) is 23.3 Å². The SMILES string of the molecule is O=C(N[C@H]1N=C(c2ccccc2)c2ccccc2NC1=O)c1c(-c2ccccc2F)nn2ccc(N3CCCC3)nc12. The molecule has 2 aliphatic rings. The molecular weight excluding hydrogens is 533 g/mol. The lowest BCUT2D eigenvalue weighted by atomic mass is 10.0. The average molecular weight is 560 g/mol. The first-order valence-corrected chi connectivity index (χ1v) is 13.8. The fraction of sp³-hybridized carbons (Fsp3) is 0.156. The summed E-state index contributed by atoms with van der Waals surface area (Å²) < 4.78 is 16.5. The number of para-hydroxylation sites is 1. The Morgan fingerprint density at radius 2 is 1.62 bits per heavy atom. The zero-order valence-corrected chi connectivity index (χ0v) is 22.5. The third-order valence-electron chi connectivity index (χ3n) is 7.52. The molecule has 1 atom stereocenters. The minimum absolute atomic E-state index is 0.0622. The number of fused-ring (bicyclic) bond motifs is 2. The van der Waals surface area contributed by atoms with Crippen LogP contribution in [0.3, 0.4) is 0 Å². The van der Waals surface area contributed by atoms with E-state index in [1.807, 2.05) is 54.6 Å². The summed E-state index contributed by atoms with van der Waals surface area (Å²) >= 11 is 0. The molecular formula is C32H26FN7O2. The highest BCUT2D eigenvalue weighted by atomic mass is 19.1. The number of carbonyl (C=O) groups is 2. The van der Waals surface area contributed by atoms with Gasteiger partial charge in [0.05, 0.1) is 11.4 Å². The van der Waals surface area contributed by atoms with E-state index in [1.54, 1.807) is 30.5 Å². The molecule has 2 amide bonds. The fourth-order valence-corrected chi connectivity index (χ4v) is 5.47. The molecule has 1 fully saturated rings. The van der Waals surface area contributed by atoms with E-state index in [4.69, 9.17) is 9.98 Å². The number of amides is 2. The van der Waals surface area contributed by atoms with Crippen molar-refractivity contribution in [1.29, 1.82) is 0 Å². The number of halogens is 1. The maximum Gasteiger partial charge on any atom is 0.269 e. The molecule has 0 radical (unpaired) electrons. The number of nitrogens with zero attached hydrogens (tertiary/aromatic N) is 5. The van der Waals surface area contributed by atoms with Crippen LogP contribution in [0.15, 0.2) is 96.1 Å². The Morgan fingerprint density at radius 1 is 0.905 bits per heavy atom. The summed E-state index contributed by atoms with van der Waals surface area (Å²) in [6.45, 7) is 1.72. The van der Waals surface area contributed by atoms with Gasteiger partial charge in [-0.05, 0) is 37.1 Å². The van der Waals surface area contributed by atoms with E-state index in [0.29, 0.717) is 17.2 Å². The van der Waals surface area contributed by atoms with Crippen LogP contribution < -0.4 is 15.5 Å². The molecule has 1 saturated heterocycles. The summed E-state index contributed by atoms with van der Waals surface area (Å²) in [6, 6.07) is 24.8. The lowest BCUT2D eigenvalue weighted by molar-refractivity contribution is -0.117. The maximum atomic E-state index is 15.0. The van der Waals surface area contributed by atoms with Gasteiger partial charge in [0.2, 0.25) is 6.17 Å². The monoisotopic (exact) mass is 559 g/mol. The predicted molar refractivity (Wildman–Crippen MR) is 158 cm³/mol. The number of anilines is 2. The van der Waals surface area contributed by atoms with Crippen LogP contribution in [0, 0.1) is 5.82 Å². The molecule has 208 valence electrons. The van der Waals surface area contributed by atoms with Crippen molar-refractivity contribution in [1.82, 2.24) is 19.9 Å². The van der Waals surface area contributed by atoms with Crippen LogP contribution in [0.5, 0.6) is 0 Å². The van der Waals surface area contributed by atoms with E-state index in [2.05, 4.69) is 20.6 Å². The Bertz CT molecular complexity index is 1860. The molecule has 0 unspecified atom stereocenters. The van der Waals surface area contributed by atoms with Gasteiger partial charge in [0.15, 0.2) is 5.65 Å². The van der Waals surface area contributed by atoms with Crippen molar-refractivity contribution in [2.24, 2.45) is 4.99 Å². The molecule has 0 aliphatic carbocycles. The minimum Gasteiger partial charge on any atom is -0.357 e. The van der Waals surface area contributed by atoms with Gasteiger partial charge in [0.1, 0.15) is 22.9 Å². The van der Waals surface area contributed by atoms with Crippen LogP contribution in [0.2, 0.25) is 0 Å². The van der Waals surface area contributed by atoms with Gasteiger partial charge in [-0.15, -0.1) is 0 Å². The van der Waals surface area contributed by atoms with Crippen LogP contribution in [0.4, 0.5) is 15.9 Å². The maximum absolute atomic E-state index is 15.0. The molecule has 0 bridgehead atoms. The van der Waals surface area contributed by atoms with E-state index in [-0.39, 0.29) is 22.5 Å². The van der Waals surface area contributed by atoms with E-state index >= 15 is 4.39 Å². The van der Waals surface area contributed by atoms with Gasteiger partial charge >= 0.3 is 0 Å². The number of hydrogen-bond donors (Lipinski definition) is 2. The van der Waals surface area contributed by atoms with E-state index in [1.165, 1.54) is 10.6 Å². The summed E-state index contributed by atoms with van der Waals surface area (Å²) in [6.07, 6.45) is 2.56. The number of carbonyl (C=O) groups excluding carboxylic acids is 2. The molecule has 9 nitrogen and oxygen atoms in total. The van der Waals surface area contributed by atoms with Crippen molar-refractivity contribution in [3.05, 3.63) is 114 Å². The summed E-state index contributed by atoms with van der Waals surface area (Å²) in [5, 5.41) is 10.2. The molecule has 42 heavy (non-hydrogen) atoms. The molecule has 0 spiro atoms. The lowest BCUT2D eigenvalue weighted by Gasteiger charge is -2.16.